The van der Waals surface area contributed by atoms with Crippen molar-refractivity contribution in [2.75, 3.05) is 12.4 Å². The lowest BCUT2D eigenvalue weighted by Gasteiger charge is -2.05. The smallest absolute Gasteiger partial charge is 0.230 e. The number of ether oxygens (including phenoxy) is 2. The number of nitrogens with one attached hydrogen (secondary N) is 1. The van der Waals surface area contributed by atoms with Crippen molar-refractivity contribution in [1.82, 2.24) is 5.16 Å². The van der Waals surface area contributed by atoms with E-state index in [0.29, 0.717) is 17.1 Å². The number of rotatable bonds is 5. The number of benzene rings is 2. The van der Waals surface area contributed by atoms with Gasteiger partial charge in [0.25, 0.3) is 0 Å². The van der Waals surface area contributed by atoms with Crippen molar-refractivity contribution < 1.29 is 18.8 Å². The molecule has 1 aliphatic heterocycles. The van der Waals surface area contributed by atoms with Crippen molar-refractivity contribution in [3.05, 3.63) is 59.8 Å². The fraction of sp³-hybridized carbons (Fsp3) is 0.238. The third-order valence-electron chi connectivity index (χ3n) is 4.45. The second-order valence-electron chi connectivity index (χ2n) is 6.59. The molecule has 0 saturated heterocycles. The zero-order valence-corrected chi connectivity index (χ0v) is 15.2. The van der Waals surface area contributed by atoms with Gasteiger partial charge in [-0.25, -0.2) is 0 Å². The quantitative estimate of drug-likeness (QED) is 0.744. The third-order valence-corrected chi connectivity index (χ3v) is 4.45. The standard InChI is InChI=1S/C21H20N2O4/c1-13-9-15-10-14(3-8-19(15)26-13)20-11-17(23-27-20)12-21(24)22-16-4-6-18(25-2)7-5-16/h3-8,10-11,13H,9,12H2,1-2H3,(H,22,24). The van der Waals surface area contributed by atoms with Crippen LogP contribution in [0.5, 0.6) is 11.5 Å². The lowest BCUT2D eigenvalue weighted by Crippen LogP contribution is -2.14. The van der Waals surface area contributed by atoms with E-state index < -0.39 is 0 Å². The number of hydrogen-bond donors (Lipinski definition) is 1. The minimum Gasteiger partial charge on any atom is -0.497 e. The van der Waals surface area contributed by atoms with Crippen molar-refractivity contribution in [3.63, 3.8) is 0 Å². The number of hydrogen-bond acceptors (Lipinski definition) is 5. The van der Waals surface area contributed by atoms with Gasteiger partial charge in [-0.05, 0) is 55.0 Å². The number of nitrogens with zero attached hydrogens (tertiary/aromatic N) is 1. The Labute approximate surface area is 157 Å². The van der Waals surface area contributed by atoms with Gasteiger partial charge >= 0.3 is 0 Å². The Bertz CT molecular complexity index is 963. The van der Waals surface area contributed by atoms with E-state index in [-0.39, 0.29) is 18.4 Å². The molecule has 4 rings (SSSR count). The van der Waals surface area contributed by atoms with Crippen LogP contribution in [0.1, 0.15) is 18.2 Å². The van der Waals surface area contributed by atoms with Gasteiger partial charge in [-0.1, -0.05) is 5.16 Å². The Morgan fingerprint density at radius 1 is 1.22 bits per heavy atom. The number of anilines is 1. The fourth-order valence-corrected chi connectivity index (χ4v) is 3.15. The SMILES string of the molecule is COc1ccc(NC(=O)Cc2cc(-c3ccc4c(c3)CC(C)O4)on2)cc1. The van der Waals surface area contributed by atoms with E-state index in [1.807, 2.05) is 19.1 Å². The highest BCUT2D eigenvalue weighted by atomic mass is 16.5. The van der Waals surface area contributed by atoms with Crippen molar-refractivity contribution in [1.29, 1.82) is 0 Å². The number of aromatic nitrogens is 1. The highest BCUT2D eigenvalue weighted by Gasteiger charge is 2.20. The Morgan fingerprint density at radius 3 is 2.81 bits per heavy atom. The molecule has 2 aromatic carbocycles. The van der Waals surface area contributed by atoms with Crippen LogP contribution in [0.15, 0.2) is 53.1 Å². The molecule has 1 N–H and O–H groups in total. The van der Waals surface area contributed by atoms with E-state index >= 15 is 0 Å². The summed E-state index contributed by atoms with van der Waals surface area (Å²) in [6, 6.07) is 14.9. The molecule has 0 spiro atoms. The molecule has 1 aromatic heterocycles. The van der Waals surface area contributed by atoms with Gasteiger partial charge in [0, 0.05) is 23.7 Å². The molecule has 0 bridgehead atoms. The summed E-state index contributed by atoms with van der Waals surface area (Å²) in [5, 5.41) is 6.86. The minimum absolute atomic E-state index is 0.139. The van der Waals surface area contributed by atoms with Gasteiger partial charge in [0.2, 0.25) is 5.91 Å². The monoisotopic (exact) mass is 364 g/mol. The predicted octanol–water partition coefficient (Wildman–Crippen LogP) is 3.85. The number of amides is 1. The van der Waals surface area contributed by atoms with Crippen LogP contribution in [-0.2, 0) is 17.6 Å². The summed E-state index contributed by atoms with van der Waals surface area (Å²) >= 11 is 0. The molecule has 0 aliphatic carbocycles. The van der Waals surface area contributed by atoms with Crippen LogP contribution >= 0.6 is 0 Å². The number of fused-ring (bicyclic) bond motifs is 1. The van der Waals surface area contributed by atoms with E-state index in [4.69, 9.17) is 14.0 Å². The van der Waals surface area contributed by atoms with Gasteiger partial charge < -0.3 is 19.3 Å². The molecule has 6 heteroatoms. The minimum atomic E-state index is -0.156. The Balaban J connectivity index is 1.42. The molecule has 138 valence electrons. The summed E-state index contributed by atoms with van der Waals surface area (Å²) in [5.41, 5.74) is 3.38. The Morgan fingerprint density at radius 2 is 2.04 bits per heavy atom. The number of carbonyl (C=O) groups is 1. The zero-order valence-electron chi connectivity index (χ0n) is 15.2. The van der Waals surface area contributed by atoms with Crippen LogP contribution in [0.25, 0.3) is 11.3 Å². The van der Waals surface area contributed by atoms with Crippen LogP contribution in [0.2, 0.25) is 0 Å². The van der Waals surface area contributed by atoms with Gasteiger partial charge in [-0.3, -0.25) is 4.79 Å². The van der Waals surface area contributed by atoms with Gasteiger partial charge in [0.05, 0.1) is 19.2 Å². The highest BCUT2D eigenvalue weighted by Crippen LogP contribution is 2.33. The van der Waals surface area contributed by atoms with Crippen molar-refractivity contribution in [3.8, 4) is 22.8 Å². The third kappa shape index (κ3) is 3.79. The van der Waals surface area contributed by atoms with Crippen molar-refractivity contribution in [2.45, 2.75) is 25.9 Å². The summed E-state index contributed by atoms with van der Waals surface area (Å²) in [6.45, 7) is 2.05. The second-order valence-corrected chi connectivity index (χ2v) is 6.59. The summed E-state index contributed by atoms with van der Waals surface area (Å²) in [4.78, 5) is 12.2. The van der Waals surface area contributed by atoms with Crippen LogP contribution in [0.4, 0.5) is 5.69 Å². The van der Waals surface area contributed by atoms with Gasteiger partial charge in [-0.2, -0.15) is 0 Å². The largest absolute Gasteiger partial charge is 0.497 e. The number of methoxy groups -OCH3 is 1. The molecule has 1 unspecified atom stereocenters. The molecule has 6 nitrogen and oxygen atoms in total. The summed E-state index contributed by atoms with van der Waals surface area (Å²) < 4.78 is 16.3. The van der Waals surface area contributed by atoms with Gasteiger partial charge in [0.1, 0.15) is 17.6 Å². The van der Waals surface area contributed by atoms with Crippen LogP contribution in [0, 0.1) is 0 Å². The molecule has 2 heterocycles. The Kier molecular flexibility index (Phi) is 4.54. The molecule has 1 aliphatic rings. The molecule has 0 radical (unpaired) electrons. The zero-order chi connectivity index (χ0) is 18.8. The molecule has 3 aromatic rings. The molecule has 27 heavy (non-hydrogen) atoms. The van der Waals surface area contributed by atoms with E-state index in [9.17, 15) is 4.79 Å². The highest BCUT2D eigenvalue weighted by molar-refractivity contribution is 5.92. The number of carbonyl (C=O) groups excluding carboxylic acids is 1. The Hall–Kier alpha value is -3.28. The lowest BCUT2D eigenvalue weighted by atomic mass is 10.1. The van der Waals surface area contributed by atoms with E-state index in [2.05, 4.69) is 16.5 Å². The fourth-order valence-electron chi connectivity index (χ4n) is 3.15. The first-order chi connectivity index (χ1) is 13.1. The summed E-state index contributed by atoms with van der Waals surface area (Å²) in [7, 11) is 1.60. The first-order valence-corrected chi connectivity index (χ1v) is 8.80. The van der Waals surface area contributed by atoms with E-state index in [0.717, 1.165) is 29.0 Å². The molecule has 1 amide bonds. The van der Waals surface area contributed by atoms with E-state index in [1.165, 1.54) is 0 Å². The molecule has 0 saturated carbocycles. The van der Waals surface area contributed by atoms with Crippen LogP contribution in [-0.4, -0.2) is 24.3 Å². The summed E-state index contributed by atoms with van der Waals surface area (Å²) in [5.74, 6) is 2.15. The normalized spacial score (nSPS) is 15.1. The van der Waals surface area contributed by atoms with Crippen LogP contribution in [0.3, 0.4) is 0 Å². The van der Waals surface area contributed by atoms with Gasteiger partial charge in [-0.15, -0.1) is 0 Å². The van der Waals surface area contributed by atoms with E-state index in [1.54, 1.807) is 37.4 Å². The molecular weight excluding hydrogens is 344 g/mol. The molecular formula is C21H20N2O4. The lowest BCUT2D eigenvalue weighted by molar-refractivity contribution is -0.115. The van der Waals surface area contributed by atoms with Crippen LogP contribution < -0.4 is 14.8 Å². The average Bonchev–Trinajstić information content (AvgIpc) is 3.27. The van der Waals surface area contributed by atoms with Gasteiger partial charge in [0.15, 0.2) is 5.76 Å². The maximum absolute atomic E-state index is 12.2. The predicted molar refractivity (Wildman–Crippen MR) is 101 cm³/mol. The summed E-state index contributed by atoms with van der Waals surface area (Å²) in [6.07, 6.45) is 1.22. The maximum Gasteiger partial charge on any atom is 0.230 e. The first-order valence-electron chi connectivity index (χ1n) is 8.80. The van der Waals surface area contributed by atoms with Crippen molar-refractivity contribution in [2.24, 2.45) is 0 Å². The maximum atomic E-state index is 12.2. The van der Waals surface area contributed by atoms with Crippen molar-refractivity contribution >= 4 is 11.6 Å². The topological polar surface area (TPSA) is 73.6 Å². The second kappa shape index (κ2) is 7.15. The molecule has 0 fully saturated rings. The first kappa shape index (κ1) is 17.1. The molecule has 1 atom stereocenters. The average molecular weight is 364 g/mol.